The zero-order chi connectivity index (χ0) is 22.9. The highest BCUT2D eigenvalue weighted by Gasteiger charge is 2.54. The molecule has 4 aliphatic carbocycles. The van der Waals surface area contributed by atoms with Crippen LogP contribution >= 0.6 is 11.8 Å². The molecule has 0 atom stereocenters. The summed E-state index contributed by atoms with van der Waals surface area (Å²) in [5.74, 6) is 8.86. The Balaban J connectivity index is 1.38. The van der Waals surface area contributed by atoms with Gasteiger partial charge < -0.3 is 5.84 Å². The summed E-state index contributed by atoms with van der Waals surface area (Å²) in [6.07, 6.45) is -2.96. The lowest BCUT2D eigenvalue weighted by atomic mass is 9.49. The van der Waals surface area contributed by atoms with Crippen LogP contribution in [-0.4, -0.2) is 14.9 Å². The number of thioether (sulfide) groups is 1. The number of nitrogens with two attached hydrogens (primary N) is 1. The molecule has 0 saturated heterocycles. The molecule has 1 aromatic heterocycles. The standard InChI is InChI=1S/C21H22F6N4S/c22-20(23,24)15-4-14(5-16(6-15)21(25,26)27)10-32-18-30-29-17(31(18)28)19-7-11-1-12(8-19)3-13(2-11)9-19/h4-6,11-13H,1-3,7-10,28H2. The molecule has 32 heavy (non-hydrogen) atoms. The second-order valence-electron chi connectivity index (χ2n) is 9.58. The van der Waals surface area contributed by atoms with Gasteiger partial charge >= 0.3 is 12.4 Å². The normalized spacial score (nSPS) is 29.6. The number of aromatic nitrogens is 3. The minimum atomic E-state index is -4.87. The van der Waals surface area contributed by atoms with Crippen LogP contribution in [0.3, 0.4) is 0 Å². The van der Waals surface area contributed by atoms with Gasteiger partial charge in [-0.15, -0.1) is 10.2 Å². The zero-order valence-corrected chi connectivity index (χ0v) is 17.8. The largest absolute Gasteiger partial charge is 0.416 e. The quantitative estimate of drug-likeness (QED) is 0.345. The van der Waals surface area contributed by atoms with E-state index in [2.05, 4.69) is 10.2 Å². The summed E-state index contributed by atoms with van der Waals surface area (Å²) >= 11 is 0.993. The lowest BCUT2D eigenvalue weighted by Crippen LogP contribution is -2.50. The van der Waals surface area contributed by atoms with E-state index in [-0.39, 0.29) is 22.8 Å². The third-order valence-electron chi connectivity index (χ3n) is 7.19. The van der Waals surface area contributed by atoms with Crippen molar-refractivity contribution in [3.05, 3.63) is 40.7 Å². The Morgan fingerprint density at radius 1 is 0.875 bits per heavy atom. The smallest absolute Gasteiger partial charge is 0.336 e. The first-order valence-corrected chi connectivity index (χ1v) is 11.5. The Morgan fingerprint density at radius 2 is 1.38 bits per heavy atom. The molecule has 174 valence electrons. The number of alkyl halides is 6. The average molecular weight is 476 g/mol. The van der Waals surface area contributed by atoms with Gasteiger partial charge in [0.2, 0.25) is 5.16 Å². The van der Waals surface area contributed by atoms with Crippen molar-refractivity contribution in [2.24, 2.45) is 17.8 Å². The highest BCUT2D eigenvalue weighted by molar-refractivity contribution is 7.98. The van der Waals surface area contributed by atoms with Crippen LogP contribution in [0.25, 0.3) is 0 Å². The molecule has 0 radical (unpaired) electrons. The van der Waals surface area contributed by atoms with Crippen LogP contribution in [0.2, 0.25) is 0 Å². The molecule has 1 aromatic carbocycles. The first-order valence-electron chi connectivity index (χ1n) is 10.5. The van der Waals surface area contributed by atoms with Crippen molar-refractivity contribution in [2.75, 3.05) is 5.84 Å². The number of nitrogen functional groups attached to an aromatic ring is 1. The molecule has 1 heterocycles. The Hall–Kier alpha value is -1.91. The van der Waals surface area contributed by atoms with Crippen LogP contribution in [0.4, 0.5) is 26.3 Å². The van der Waals surface area contributed by atoms with Gasteiger partial charge in [0.05, 0.1) is 11.1 Å². The van der Waals surface area contributed by atoms with E-state index in [1.165, 1.54) is 23.9 Å². The van der Waals surface area contributed by atoms with E-state index in [0.29, 0.717) is 28.7 Å². The third kappa shape index (κ3) is 3.86. The van der Waals surface area contributed by atoms with Crippen molar-refractivity contribution >= 4 is 11.8 Å². The van der Waals surface area contributed by atoms with Gasteiger partial charge in [0.1, 0.15) is 0 Å². The SMILES string of the molecule is Nn1c(SCc2cc(C(F)(F)F)cc(C(F)(F)F)c2)nnc1C12CC3CC(CC(C3)C1)C2. The van der Waals surface area contributed by atoms with E-state index in [1.54, 1.807) is 0 Å². The van der Waals surface area contributed by atoms with Gasteiger partial charge in [-0.2, -0.15) is 26.3 Å². The van der Waals surface area contributed by atoms with Crippen molar-refractivity contribution in [1.29, 1.82) is 0 Å². The topological polar surface area (TPSA) is 56.7 Å². The molecule has 2 aromatic rings. The minimum Gasteiger partial charge on any atom is -0.336 e. The summed E-state index contributed by atoms with van der Waals surface area (Å²) in [7, 11) is 0. The fourth-order valence-corrected chi connectivity index (χ4v) is 7.16. The van der Waals surface area contributed by atoms with E-state index in [0.717, 1.165) is 43.2 Å². The van der Waals surface area contributed by atoms with Gasteiger partial charge in [0.15, 0.2) is 5.82 Å². The van der Waals surface area contributed by atoms with Gasteiger partial charge in [-0.1, -0.05) is 11.8 Å². The van der Waals surface area contributed by atoms with Crippen LogP contribution in [-0.2, 0) is 23.5 Å². The maximum absolute atomic E-state index is 13.1. The number of rotatable bonds is 4. The van der Waals surface area contributed by atoms with Crippen molar-refractivity contribution in [3.63, 3.8) is 0 Å². The molecule has 2 N–H and O–H groups in total. The summed E-state index contributed by atoms with van der Waals surface area (Å²) < 4.78 is 80.0. The first kappa shape index (κ1) is 21.9. The molecular formula is C21H22F6N4S. The van der Waals surface area contributed by atoms with Crippen molar-refractivity contribution in [3.8, 4) is 0 Å². The Bertz CT molecular complexity index is 961. The van der Waals surface area contributed by atoms with E-state index in [4.69, 9.17) is 5.84 Å². The Labute approximate surface area is 184 Å². The van der Waals surface area contributed by atoms with Gasteiger partial charge in [0.25, 0.3) is 0 Å². The predicted molar refractivity (Wildman–Crippen MR) is 106 cm³/mol. The average Bonchev–Trinajstić information content (AvgIpc) is 3.05. The molecule has 0 aliphatic heterocycles. The lowest BCUT2D eigenvalue weighted by Gasteiger charge is -2.55. The third-order valence-corrected chi connectivity index (χ3v) is 8.21. The minimum absolute atomic E-state index is 0.100. The summed E-state index contributed by atoms with van der Waals surface area (Å²) in [5.41, 5.74) is -2.87. The fraction of sp³-hybridized carbons (Fsp3) is 0.619. The Kier molecular flexibility index (Phi) is 5.00. The molecular weight excluding hydrogens is 454 g/mol. The van der Waals surface area contributed by atoms with Gasteiger partial charge in [-0.05, 0) is 80.0 Å². The molecule has 6 rings (SSSR count). The van der Waals surface area contributed by atoms with Gasteiger partial charge in [-0.3, -0.25) is 0 Å². The number of benzene rings is 1. The molecule has 4 nitrogen and oxygen atoms in total. The van der Waals surface area contributed by atoms with Crippen LogP contribution in [0, 0.1) is 17.8 Å². The molecule has 4 aliphatic rings. The molecule has 0 spiro atoms. The molecule has 4 bridgehead atoms. The van der Waals surface area contributed by atoms with Gasteiger partial charge in [0, 0.05) is 11.2 Å². The molecule has 4 saturated carbocycles. The maximum atomic E-state index is 13.1. The zero-order valence-electron chi connectivity index (χ0n) is 17.0. The van der Waals surface area contributed by atoms with Crippen LogP contribution in [0.15, 0.2) is 23.4 Å². The van der Waals surface area contributed by atoms with Gasteiger partial charge in [-0.25, -0.2) is 4.68 Å². The van der Waals surface area contributed by atoms with E-state index in [9.17, 15) is 26.3 Å². The molecule has 11 heteroatoms. The van der Waals surface area contributed by atoms with Crippen LogP contribution < -0.4 is 5.84 Å². The summed E-state index contributed by atoms with van der Waals surface area (Å²) in [6, 6.07) is 1.60. The van der Waals surface area contributed by atoms with Crippen molar-refractivity contribution in [1.82, 2.24) is 14.9 Å². The molecule has 4 fully saturated rings. The van der Waals surface area contributed by atoms with Crippen molar-refractivity contribution < 1.29 is 26.3 Å². The highest BCUT2D eigenvalue weighted by atomic mass is 32.2. The van der Waals surface area contributed by atoms with Crippen LogP contribution in [0.5, 0.6) is 0 Å². The summed E-state index contributed by atoms with van der Waals surface area (Å²) in [6.45, 7) is 0. The maximum Gasteiger partial charge on any atom is 0.416 e. The van der Waals surface area contributed by atoms with E-state index < -0.39 is 23.5 Å². The molecule has 0 amide bonds. The second-order valence-corrected chi connectivity index (χ2v) is 10.5. The highest BCUT2D eigenvalue weighted by Crippen LogP contribution is 2.60. The fourth-order valence-electron chi connectivity index (χ4n) is 6.37. The summed E-state index contributed by atoms with van der Waals surface area (Å²) in [5, 5.41) is 8.77. The van der Waals surface area contributed by atoms with Crippen molar-refractivity contribution in [2.45, 2.75) is 67.2 Å². The predicted octanol–water partition coefficient (Wildman–Crippen LogP) is 5.79. The molecule has 0 unspecified atom stereocenters. The van der Waals surface area contributed by atoms with E-state index >= 15 is 0 Å². The number of hydrogen-bond donors (Lipinski definition) is 1. The number of halogens is 6. The summed E-state index contributed by atoms with van der Waals surface area (Å²) in [4.78, 5) is 0. The monoisotopic (exact) mass is 476 g/mol. The first-order chi connectivity index (χ1) is 14.9. The number of hydrogen-bond acceptors (Lipinski definition) is 4. The number of nitrogens with zero attached hydrogens (tertiary/aromatic N) is 3. The van der Waals surface area contributed by atoms with Crippen LogP contribution in [0.1, 0.15) is 61.0 Å². The Morgan fingerprint density at radius 3 is 1.84 bits per heavy atom. The second kappa shape index (κ2) is 7.30. The lowest BCUT2D eigenvalue weighted by molar-refractivity contribution is -0.143. The van der Waals surface area contributed by atoms with E-state index in [1.807, 2.05) is 0 Å².